The molecule has 0 bridgehead atoms. The van der Waals surface area contributed by atoms with E-state index in [4.69, 9.17) is 11.5 Å². The Labute approximate surface area is 102 Å². The molecule has 2 rings (SSSR count). The number of hydrogen-bond donors (Lipinski definition) is 2. The van der Waals surface area contributed by atoms with Crippen LogP contribution in [0.2, 0.25) is 0 Å². The van der Waals surface area contributed by atoms with Crippen LogP contribution < -0.4 is 11.5 Å². The summed E-state index contributed by atoms with van der Waals surface area (Å²) in [4.78, 5) is 13.3. The Morgan fingerprint density at radius 1 is 1.24 bits per heavy atom. The van der Waals surface area contributed by atoms with Crippen molar-refractivity contribution in [1.29, 1.82) is 0 Å². The molecule has 1 aromatic carbocycles. The van der Waals surface area contributed by atoms with E-state index >= 15 is 0 Å². The van der Waals surface area contributed by atoms with Gasteiger partial charge in [0.2, 0.25) is 5.91 Å². The highest BCUT2D eigenvalue weighted by atomic mass is 16.1. The molecule has 1 aliphatic heterocycles. The number of benzene rings is 1. The topological polar surface area (TPSA) is 72.4 Å². The Kier molecular flexibility index (Phi) is 3.76. The second kappa shape index (κ2) is 5.29. The summed E-state index contributed by atoms with van der Waals surface area (Å²) in [6.45, 7) is 3.03. The number of piperidine rings is 1. The zero-order valence-electron chi connectivity index (χ0n) is 9.93. The van der Waals surface area contributed by atoms with Crippen molar-refractivity contribution in [2.75, 3.05) is 13.1 Å². The van der Waals surface area contributed by atoms with Gasteiger partial charge in [0.1, 0.15) is 0 Å². The van der Waals surface area contributed by atoms with Crippen LogP contribution in [-0.2, 0) is 6.54 Å². The Balaban J connectivity index is 1.92. The highest BCUT2D eigenvalue weighted by molar-refractivity contribution is 5.92. The molecule has 92 valence electrons. The Hall–Kier alpha value is -1.39. The van der Waals surface area contributed by atoms with Crippen molar-refractivity contribution in [3.8, 4) is 0 Å². The van der Waals surface area contributed by atoms with Gasteiger partial charge in [-0.2, -0.15) is 0 Å². The number of amides is 1. The molecule has 1 heterocycles. The number of likely N-dealkylation sites (tertiary alicyclic amines) is 1. The van der Waals surface area contributed by atoms with E-state index in [9.17, 15) is 4.79 Å². The van der Waals surface area contributed by atoms with Gasteiger partial charge in [-0.1, -0.05) is 12.1 Å². The molecule has 0 aromatic heterocycles. The SMILES string of the molecule is NC(=O)c1ccc(CN2CCC(N)CC2)cc1. The maximum atomic E-state index is 10.9. The van der Waals surface area contributed by atoms with Gasteiger partial charge in [-0.05, 0) is 43.6 Å². The lowest BCUT2D eigenvalue weighted by Gasteiger charge is -2.30. The third-order valence-electron chi connectivity index (χ3n) is 3.28. The average Bonchev–Trinajstić information content (AvgIpc) is 2.33. The predicted octanol–water partition coefficient (Wildman–Crippen LogP) is 0.709. The molecule has 0 unspecified atom stereocenters. The third kappa shape index (κ3) is 3.28. The normalized spacial score (nSPS) is 18.2. The zero-order valence-corrected chi connectivity index (χ0v) is 9.93. The highest BCUT2D eigenvalue weighted by Crippen LogP contribution is 2.13. The van der Waals surface area contributed by atoms with Crippen LogP contribution in [-0.4, -0.2) is 29.9 Å². The van der Waals surface area contributed by atoms with Gasteiger partial charge in [-0.15, -0.1) is 0 Å². The first kappa shape index (κ1) is 12.1. The van der Waals surface area contributed by atoms with Crippen LogP contribution in [0.5, 0.6) is 0 Å². The van der Waals surface area contributed by atoms with Gasteiger partial charge < -0.3 is 11.5 Å². The number of nitrogens with two attached hydrogens (primary N) is 2. The molecule has 0 atom stereocenters. The van der Waals surface area contributed by atoms with Crippen LogP contribution >= 0.6 is 0 Å². The van der Waals surface area contributed by atoms with Crippen molar-refractivity contribution < 1.29 is 4.79 Å². The van der Waals surface area contributed by atoms with Crippen molar-refractivity contribution in [1.82, 2.24) is 4.90 Å². The van der Waals surface area contributed by atoms with Crippen LogP contribution in [0.4, 0.5) is 0 Å². The van der Waals surface area contributed by atoms with Crippen molar-refractivity contribution in [3.63, 3.8) is 0 Å². The summed E-state index contributed by atoms with van der Waals surface area (Å²) in [5, 5.41) is 0. The second-order valence-electron chi connectivity index (χ2n) is 4.67. The fourth-order valence-electron chi connectivity index (χ4n) is 2.14. The molecular formula is C13H19N3O. The number of carbonyl (C=O) groups excluding carboxylic acids is 1. The first-order valence-corrected chi connectivity index (χ1v) is 6.02. The number of carbonyl (C=O) groups is 1. The number of rotatable bonds is 3. The smallest absolute Gasteiger partial charge is 0.248 e. The van der Waals surface area contributed by atoms with E-state index in [0.717, 1.165) is 32.5 Å². The summed E-state index contributed by atoms with van der Waals surface area (Å²) >= 11 is 0. The monoisotopic (exact) mass is 233 g/mol. The lowest BCUT2D eigenvalue weighted by atomic mass is 10.0. The molecule has 1 amide bonds. The third-order valence-corrected chi connectivity index (χ3v) is 3.28. The van der Waals surface area contributed by atoms with E-state index in [1.165, 1.54) is 5.56 Å². The van der Waals surface area contributed by atoms with Crippen molar-refractivity contribution in [3.05, 3.63) is 35.4 Å². The molecule has 4 N–H and O–H groups in total. The van der Waals surface area contributed by atoms with E-state index in [1.54, 1.807) is 12.1 Å². The maximum absolute atomic E-state index is 10.9. The van der Waals surface area contributed by atoms with Gasteiger partial charge in [-0.25, -0.2) is 0 Å². The lowest BCUT2D eigenvalue weighted by molar-refractivity contribution is 0.100. The molecule has 4 nitrogen and oxygen atoms in total. The number of hydrogen-bond acceptors (Lipinski definition) is 3. The van der Waals surface area contributed by atoms with Crippen LogP contribution in [0.1, 0.15) is 28.8 Å². The quantitative estimate of drug-likeness (QED) is 0.807. The standard InChI is InChI=1S/C13H19N3O/c14-12-5-7-16(8-6-12)9-10-1-3-11(4-2-10)13(15)17/h1-4,12H,5-9,14H2,(H2,15,17). The van der Waals surface area contributed by atoms with Gasteiger partial charge in [0.25, 0.3) is 0 Å². The van der Waals surface area contributed by atoms with E-state index in [1.807, 2.05) is 12.1 Å². The Bertz CT molecular complexity index is 380. The molecule has 0 spiro atoms. The van der Waals surface area contributed by atoms with Crippen molar-refractivity contribution in [2.24, 2.45) is 11.5 Å². The van der Waals surface area contributed by atoms with Gasteiger partial charge in [0.05, 0.1) is 0 Å². The number of primary amides is 1. The minimum atomic E-state index is -0.375. The fraction of sp³-hybridized carbons (Fsp3) is 0.462. The van der Waals surface area contributed by atoms with Crippen molar-refractivity contribution in [2.45, 2.75) is 25.4 Å². The second-order valence-corrected chi connectivity index (χ2v) is 4.67. The molecule has 1 fully saturated rings. The Morgan fingerprint density at radius 2 is 1.82 bits per heavy atom. The first-order valence-electron chi connectivity index (χ1n) is 6.02. The molecule has 1 saturated heterocycles. The van der Waals surface area contributed by atoms with Crippen LogP contribution in [0.25, 0.3) is 0 Å². The largest absolute Gasteiger partial charge is 0.366 e. The highest BCUT2D eigenvalue weighted by Gasteiger charge is 2.15. The van der Waals surface area contributed by atoms with Crippen LogP contribution in [0.3, 0.4) is 0 Å². The predicted molar refractivity (Wildman–Crippen MR) is 67.4 cm³/mol. The lowest BCUT2D eigenvalue weighted by Crippen LogP contribution is -2.39. The van der Waals surface area contributed by atoms with Gasteiger partial charge in [0.15, 0.2) is 0 Å². The fourth-order valence-corrected chi connectivity index (χ4v) is 2.14. The van der Waals surface area contributed by atoms with Gasteiger partial charge in [0, 0.05) is 18.2 Å². The zero-order chi connectivity index (χ0) is 12.3. The summed E-state index contributed by atoms with van der Waals surface area (Å²) < 4.78 is 0. The average molecular weight is 233 g/mol. The molecule has 4 heteroatoms. The summed E-state index contributed by atoms with van der Waals surface area (Å²) in [5.41, 5.74) is 12.8. The molecular weight excluding hydrogens is 214 g/mol. The molecule has 0 saturated carbocycles. The summed E-state index contributed by atoms with van der Waals surface area (Å²) in [6, 6.07) is 7.87. The molecule has 0 aliphatic carbocycles. The summed E-state index contributed by atoms with van der Waals surface area (Å²) in [6.07, 6.45) is 2.14. The molecule has 17 heavy (non-hydrogen) atoms. The summed E-state index contributed by atoms with van der Waals surface area (Å²) in [5.74, 6) is -0.375. The molecule has 1 aliphatic rings. The van der Waals surface area contributed by atoms with Gasteiger partial charge in [-0.3, -0.25) is 9.69 Å². The van der Waals surface area contributed by atoms with Crippen LogP contribution in [0, 0.1) is 0 Å². The first-order chi connectivity index (χ1) is 8.15. The summed E-state index contributed by atoms with van der Waals surface area (Å²) in [7, 11) is 0. The number of nitrogens with zero attached hydrogens (tertiary/aromatic N) is 1. The van der Waals surface area contributed by atoms with E-state index < -0.39 is 0 Å². The molecule has 1 aromatic rings. The van der Waals surface area contributed by atoms with Crippen molar-refractivity contribution >= 4 is 5.91 Å². The minimum Gasteiger partial charge on any atom is -0.366 e. The van der Waals surface area contributed by atoms with Gasteiger partial charge >= 0.3 is 0 Å². The van der Waals surface area contributed by atoms with E-state index in [-0.39, 0.29) is 5.91 Å². The van der Waals surface area contributed by atoms with Crippen LogP contribution in [0.15, 0.2) is 24.3 Å². The maximum Gasteiger partial charge on any atom is 0.248 e. The Morgan fingerprint density at radius 3 is 2.35 bits per heavy atom. The van der Waals surface area contributed by atoms with E-state index in [2.05, 4.69) is 4.90 Å². The van der Waals surface area contributed by atoms with E-state index in [0.29, 0.717) is 11.6 Å². The minimum absolute atomic E-state index is 0.364. The molecule has 0 radical (unpaired) electrons.